The fraction of sp³-hybridized carbons (Fsp3) is 0.310. The van der Waals surface area contributed by atoms with Gasteiger partial charge in [-0.25, -0.2) is 4.99 Å². The molecule has 1 N–H and O–H groups in total. The van der Waals surface area contributed by atoms with Gasteiger partial charge in [0, 0.05) is 14.8 Å². The van der Waals surface area contributed by atoms with E-state index in [9.17, 15) is 4.79 Å². The predicted molar refractivity (Wildman–Crippen MR) is 151 cm³/mol. The van der Waals surface area contributed by atoms with Gasteiger partial charge in [-0.05, 0) is 84.7 Å². The van der Waals surface area contributed by atoms with Crippen molar-refractivity contribution < 1.29 is 13.6 Å². The van der Waals surface area contributed by atoms with Crippen LogP contribution in [0.25, 0.3) is 0 Å². The van der Waals surface area contributed by atoms with Crippen LogP contribution in [0.1, 0.15) is 59.5 Å². The molecule has 1 atom stereocenters. The third-order valence-corrected chi connectivity index (χ3v) is 8.99. The Balaban J connectivity index is 1.38. The van der Waals surface area contributed by atoms with Crippen molar-refractivity contribution in [3.05, 3.63) is 87.3 Å². The van der Waals surface area contributed by atoms with Crippen LogP contribution in [0, 0.1) is 11.3 Å². The zero-order chi connectivity index (χ0) is 26.0. The number of aliphatic imine (C=N–C) groups is 1. The molecule has 0 bridgehead atoms. The fourth-order valence-electron chi connectivity index (χ4n) is 4.50. The molecule has 1 aliphatic rings. The van der Waals surface area contributed by atoms with Gasteiger partial charge < -0.3 is 14.2 Å². The number of furan rings is 2. The van der Waals surface area contributed by atoms with E-state index in [1.807, 2.05) is 48.5 Å². The van der Waals surface area contributed by atoms with E-state index in [1.54, 1.807) is 23.8 Å². The highest BCUT2D eigenvalue weighted by molar-refractivity contribution is 7.99. The predicted octanol–water partition coefficient (Wildman–Crippen LogP) is 8.57. The summed E-state index contributed by atoms with van der Waals surface area (Å²) < 4.78 is 11.4. The van der Waals surface area contributed by atoms with Gasteiger partial charge in [0.05, 0.1) is 24.6 Å². The molecule has 0 aliphatic heterocycles. The van der Waals surface area contributed by atoms with Crippen LogP contribution in [0.2, 0.25) is 5.02 Å². The third kappa shape index (κ3) is 6.22. The minimum absolute atomic E-state index is 0.117. The number of nitrogens with one attached hydrogen (secondary N) is 1. The largest absolute Gasteiger partial charge is 0.467 e. The summed E-state index contributed by atoms with van der Waals surface area (Å²) in [6.45, 7) is 7.22. The summed E-state index contributed by atoms with van der Waals surface area (Å²) in [6, 6.07) is 15.1. The van der Waals surface area contributed by atoms with Crippen LogP contribution in [0.5, 0.6) is 0 Å². The molecule has 3 heterocycles. The maximum Gasteiger partial charge on any atom is 0.255 e. The summed E-state index contributed by atoms with van der Waals surface area (Å²) in [4.78, 5) is 20.4. The number of carbonyl (C=O) groups is 1. The van der Waals surface area contributed by atoms with Crippen LogP contribution in [0.3, 0.4) is 0 Å². The molecule has 5 rings (SSSR count). The van der Waals surface area contributed by atoms with Crippen molar-refractivity contribution >= 4 is 51.8 Å². The number of halogens is 1. The fourth-order valence-corrected chi connectivity index (χ4v) is 6.68. The minimum atomic E-state index is -0.117. The lowest BCUT2D eigenvalue weighted by Crippen LogP contribution is -2.28. The maximum absolute atomic E-state index is 13.4. The second-order valence-corrected chi connectivity index (χ2v) is 12.8. The summed E-state index contributed by atoms with van der Waals surface area (Å²) in [5.41, 5.74) is 2.03. The summed E-state index contributed by atoms with van der Waals surface area (Å²) in [5, 5.41) is 5.20. The van der Waals surface area contributed by atoms with Gasteiger partial charge in [-0.1, -0.05) is 44.1 Å². The summed E-state index contributed by atoms with van der Waals surface area (Å²) >= 11 is 9.13. The Kier molecular flexibility index (Phi) is 7.65. The second-order valence-electron chi connectivity index (χ2n) is 10.2. The maximum atomic E-state index is 13.4. The lowest BCUT2D eigenvalue weighted by molar-refractivity contribution is 0.0947. The average Bonchev–Trinajstić information content (AvgIpc) is 3.61. The molecule has 3 aromatic heterocycles. The molecular weight excluding hydrogens is 524 g/mol. The van der Waals surface area contributed by atoms with Gasteiger partial charge in [0.15, 0.2) is 5.09 Å². The van der Waals surface area contributed by atoms with E-state index in [0.29, 0.717) is 28.8 Å². The smallest absolute Gasteiger partial charge is 0.255 e. The highest BCUT2D eigenvalue weighted by atomic mass is 35.5. The Labute approximate surface area is 230 Å². The molecule has 1 aromatic carbocycles. The average molecular weight is 553 g/mol. The van der Waals surface area contributed by atoms with Crippen molar-refractivity contribution in [3.8, 4) is 0 Å². The number of benzene rings is 1. The van der Waals surface area contributed by atoms with E-state index in [2.05, 4.69) is 26.1 Å². The summed E-state index contributed by atoms with van der Waals surface area (Å²) in [5.74, 6) is 1.81. The zero-order valence-electron chi connectivity index (χ0n) is 21.0. The van der Waals surface area contributed by atoms with Crippen molar-refractivity contribution in [2.24, 2.45) is 16.3 Å². The lowest BCUT2D eigenvalue weighted by atomic mass is 9.72. The number of hydrogen-bond acceptors (Lipinski definition) is 6. The normalized spacial score (nSPS) is 15.7. The van der Waals surface area contributed by atoms with Crippen LogP contribution >= 0.6 is 34.7 Å². The summed E-state index contributed by atoms with van der Waals surface area (Å²) in [7, 11) is 0. The highest BCUT2D eigenvalue weighted by Crippen LogP contribution is 2.45. The Morgan fingerprint density at radius 2 is 2.03 bits per heavy atom. The van der Waals surface area contributed by atoms with Gasteiger partial charge in [-0.2, -0.15) is 0 Å². The molecule has 0 saturated carbocycles. The van der Waals surface area contributed by atoms with Crippen LogP contribution in [-0.4, -0.2) is 12.1 Å². The zero-order valence-corrected chi connectivity index (χ0v) is 23.4. The quantitative estimate of drug-likeness (QED) is 0.233. The monoisotopic (exact) mass is 552 g/mol. The lowest BCUT2D eigenvalue weighted by Gasteiger charge is -2.33. The van der Waals surface area contributed by atoms with Gasteiger partial charge in [0.1, 0.15) is 16.5 Å². The van der Waals surface area contributed by atoms with E-state index >= 15 is 0 Å². The molecule has 1 amide bonds. The van der Waals surface area contributed by atoms with Gasteiger partial charge in [0.25, 0.3) is 5.91 Å². The van der Waals surface area contributed by atoms with Crippen LogP contribution in [-0.2, 0) is 19.4 Å². The van der Waals surface area contributed by atoms with Crippen molar-refractivity contribution in [1.29, 1.82) is 0 Å². The first-order chi connectivity index (χ1) is 17.8. The number of fused-ring (bicyclic) bond motifs is 1. The third-order valence-electron chi connectivity index (χ3n) is 6.65. The van der Waals surface area contributed by atoms with E-state index in [1.165, 1.54) is 16.6 Å². The van der Waals surface area contributed by atoms with Crippen LogP contribution in [0.4, 0.5) is 5.00 Å². The molecule has 5 nitrogen and oxygen atoms in total. The van der Waals surface area contributed by atoms with E-state index in [-0.39, 0.29) is 11.3 Å². The first kappa shape index (κ1) is 25.9. The number of carbonyl (C=O) groups excluding carboxylic acids is 1. The van der Waals surface area contributed by atoms with Crippen molar-refractivity contribution in [2.75, 3.05) is 0 Å². The molecule has 37 heavy (non-hydrogen) atoms. The molecule has 0 unspecified atom stereocenters. The van der Waals surface area contributed by atoms with Crippen LogP contribution < -0.4 is 5.32 Å². The molecule has 0 radical (unpaired) electrons. The van der Waals surface area contributed by atoms with Gasteiger partial charge in [0.2, 0.25) is 0 Å². The Morgan fingerprint density at radius 1 is 1.22 bits per heavy atom. The SMILES string of the molecule is CC(C)(C)[C@H]1CCc2c(sc(N=Cc3ccc(Sc4ccc(Cl)cc4)o3)c2C(=O)NCc2ccco2)C1. The van der Waals surface area contributed by atoms with E-state index < -0.39 is 0 Å². The topological polar surface area (TPSA) is 67.7 Å². The highest BCUT2D eigenvalue weighted by Gasteiger charge is 2.33. The second kappa shape index (κ2) is 10.9. The van der Waals surface area contributed by atoms with Gasteiger partial charge in [-0.3, -0.25) is 4.79 Å². The Hall–Kier alpha value is -2.74. The molecule has 8 heteroatoms. The Bertz CT molecular complexity index is 1400. The molecule has 0 saturated heterocycles. The van der Waals surface area contributed by atoms with Crippen molar-refractivity contribution in [3.63, 3.8) is 0 Å². The van der Waals surface area contributed by atoms with Gasteiger partial charge in [-0.15, -0.1) is 11.3 Å². The van der Waals surface area contributed by atoms with Gasteiger partial charge >= 0.3 is 0 Å². The number of rotatable bonds is 7. The first-order valence-corrected chi connectivity index (χ1v) is 14.3. The number of thiophene rings is 1. The number of nitrogens with zero attached hydrogens (tertiary/aromatic N) is 1. The molecule has 1 aliphatic carbocycles. The van der Waals surface area contributed by atoms with Crippen molar-refractivity contribution in [2.45, 2.75) is 56.6 Å². The van der Waals surface area contributed by atoms with Crippen molar-refractivity contribution in [1.82, 2.24) is 5.32 Å². The van der Waals surface area contributed by atoms with Crippen LogP contribution in [0.15, 0.2) is 78.6 Å². The van der Waals surface area contributed by atoms with E-state index in [0.717, 1.165) is 45.6 Å². The first-order valence-electron chi connectivity index (χ1n) is 12.3. The molecule has 0 spiro atoms. The summed E-state index contributed by atoms with van der Waals surface area (Å²) in [6.07, 6.45) is 6.24. The number of hydrogen-bond donors (Lipinski definition) is 1. The molecular formula is C29H29ClN2O3S2. The molecule has 0 fully saturated rings. The number of amides is 1. The Morgan fingerprint density at radius 3 is 2.76 bits per heavy atom. The standard InChI is InChI=1S/C29H29ClN2O3S2/c1-29(2,3)18-6-12-23-24(15-18)37-28(26(23)27(33)31-16-20-5-4-14-34-20)32-17-21-9-13-25(35-21)36-22-10-7-19(30)8-11-22/h4-5,7-11,13-14,17-18H,6,12,15-16H2,1-3H3,(H,31,33)/t18-/m0/s1. The minimum Gasteiger partial charge on any atom is -0.467 e. The molecule has 4 aromatic rings. The van der Waals surface area contributed by atoms with E-state index in [4.69, 9.17) is 25.4 Å². The molecule has 192 valence electrons.